The van der Waals surface area contributed by atoms with Crippen LogP contribution in [-0.2, 0) is 11.2 Å². The van der Waals surface area contributed by atoms with Crippen LogP contribution < -0.4 is 4.74 Å². The molecule has 2 N–H and O–H groups in total. The summed E-state index contributed by atoms with van der Waals surface area (Å²) in [6.07, 6.45) is 0.227. The van der Waals surface area contributed by atoms with Crippen molar-refractivity contribution in [2.24, 2.45) is 5.41 Å². The number of aromatic hydroxyl groups is 1. The van der Waals surface area contributed by atoms with E-state index >= 15 is 0 Å². The maximum Gasteiger partial charge on any atom is 0.309 e. The predicted octanol–water partition coefficient (Wildman–Crippen LogP) is 2.44. The number of rotatable bonds is 5. The first-order chi connectivity index (χ1) is 7.88. The number of benzene rings is 1. The van der Waals surface area contributed by atoms with Crippen molar-refractivity contribution in [2.45, 2.75) is 27.2 Å². The SMILES string of the molecule is CCOc1cccc(O)c1CC(C)(C)C(=O)O. The Morgan fingerprint density at radius 1 is 1.41 bits per heavy atom. The van der Waals surface area contributed by atoms with Gasteiger partial charge in [-0.15, -0.1) is 0 Å². The molecule has 1 aromatic rings. The Balaban J connectivity index is 3.08. The lowest BCUT2D eigenvalue weighted by Crippen LogP contribution is -2.26. The highest BCUT2D eigenvalue weighted by atomic mass is 16.5. The summed E-state index contributed by atoms with van der Waals surface area (Å²) < 4.78 is 5.39. The zero-order valence-electron chi connectivity index (χ0n) is 10.4. The van der Waals surface area contributed by atoms with E-state index in [0.29, 0.717) is 17.9 Å². The molecule has 0 saturated carbocycles. The summed E-state index contributed by atoms with van der Waals surface area (Å²) in [6.45, 7) is 5.56. The van der Waals surface area contributed by atoms with Crippen LogP contribution in [-0.4, -0.2) is 22.8 Å². The van der Waals surface area contributed by atoms with Crippen LogP contribution >= 0.6 is 0 Å². The summed E-state index contributed by atoms with van der Waals surface area (Å²) in [7, 11) is 0. The van der Waals surface area contributed by atoms with Crippen LogP contribution in [0.5, 0.6) is 11.5 Å². The zero-order valence-corrected chi connectivity index (χ0v) is 10.4. The van der Waals surface area contributed by atoms with E-state index in [-0.39, 0.29) is 12.2 Å². The number of carboxylic acid groups (broad SMARTS) is 1. The Kier molecular flexibility index (Phi) is 3.99. The molecular formula is C13H18O4. The molecule has 0 aliphatic heterocycles. The quantitative estimate of drug-likeness (QED) is 0.826. The highest BCUT2D eigenvalue weighted by Gasteiger charge is 2.30. The van der Waals surface area contributed by atoms with E-state index in [0.717, 1.165) is 0 Å². The number of phenolic OH excluding ortho intramolecular Hbond substituents is 1. The molecule has 0 bridgehead atoms. The van der Waals surface area contributed by atoms with Gasteiger partial charge in [-0.3, -0.25) is 4.79 Å². The average Bonchev–Trinajstić information content (AvgIpc) is 2.23. The fourth-order valence-corrected chi connectivity index (χ4v) is 1.54. The number of hydrogen-bond donors (Lipinski definition) is 2. The van der Waals surface area contributed by atoms with Crippen LogP contribution in [0.1, 0.15) is 26.3 Å². The Hall–Kier alpha value is -1.71. The van der Waals surface area contributed by atoms with Crippen LogP contribution in [0.2, 0.25) is 0 Å². The summed E-state index contributed by atoms with van der Waals surface area (Å²) in [5.74, 6) is -0.282. The Morgan fingerprint density at radius 2 is 2.06 bits per heavy atom. The maximum absolute atomic E-state index is 11.1. The minimum atomic E-state index is -0.940. The lowest BCUT2D eigenvalue weighted by atomic mass is 9.85. The smallest absolute Gasteiger partial charge is 0.309 e. The molecule has 0 aliphatic carbocycles. The van der Waals surface area contributed by atoms with Gasteiger partial charge in [-0.2, -0.15) is 0 Å². The van der Waals surface area contributed by atoms with Gasteiger partial charge in [0.25, 0.3) is 0 Å². The number of aliphatic carboxylic acids is 1. The van der Waals surface area contributed by atoms with Gasteiger partial charge in [0.2, 0.25) is 0 Å². The molecule has 94 valence electrons. The first kappa shape index (κ1) is 13.4. The van der Waals surface area contributed by atoms with E-state index in [4.69, 9.17) is 9.84 Å². The van der Waals surface area contributed by atoms with Crippen LogP contribution in [0.3, 0.4) is 0 Å². The van der Waals surface area contributed by atoms with Crippen LogP contribution in [0.25, 0.3) is 0 Å². The van der Waals surface area contributed by atoms with Gasteiger partial charge >= 0.3 is 5.97 Å². The molecule has 0 fully saturated rings. The molecule has 0 atom stereocenters. The van der Waals surface area contributed by atoms with Crippen molar-refractivity contribution < 1.29 is 19.7 Å². The topological polar surface area (TPSA) is 66.8 Å². The van der Waals surface area contributed by atoms with E-state index in [1.807, 2.05) is 6.92 Å². The van der Waals surface area contributed by atoms with Crippen LogP contribution in [0.4, 0.5) is 0 Å². The first-order valence-electron chi connectivity index (χ1n) is 5.55. The maximum atomic E-state index is 11.1. The van der Waals surface area contributed by atoms with Crippen molar-refractivity contribution in [3.8, 4) is 11.5 Å². The molecule has 0 radical (unpaired) electrons. The van der Waals surface area contributed by atoms with E-state index < -0.39 is 11.4 Å². The third kappa shape index (κ3) is 3.12. The molecule has 0 aliphatic rings. The molecule has 0 heterocycles. The highest BCUT2D eigenvalue weighted by molar-refractivity contribution is 5.74. The molecule has 1 rings (SSSR count). The standard InChI is InChI=1S/C13H18O4/c1-4-17-11-7-5-6-10(14)9(11)8-13(2,3)12(15)16/h5-7,14H,4,8H2,1-3H3,(H,15,16). The number of phenols is 1. The zero-order chi connectivity index (χ0) is 13.1. The lowest BCUT2D eigenvalue weighted by molar-refractivity contribution is -0.146. The number of ether oxygens (including phenoxy) is 1. The molecule has 17 heavy (non-hydrogen) atoms. The first-order valence-corrected chi connectivity index (χ1v) is 5.55. The van der Waals surface area contributed by atoms with Gasteiger partial charge in [0.1, 0.15) is 11.5 Å². The number of carbonyl (C=O) groups is 1. The second-order valence-electron chi connectivity index (χ2n) is 4.55. The minimum absolute atomic E-state index is 0.0743. The highest BCUT2D eigenvalue weighted by Crippen LogP contribution is 2.34. The van der Waals surface area contributed by atoms with Gasteiger partial charge in [0.05, 0.1) is 12.0 Å². The Labute approximate surface area is 101 Å². The number of hydrogen-bond acceptors (Lipinski definition) is 3. The van der Waals surface area contributed by atoms with Crippen molar-refractivity contribution in [3.05, 3.63) is 23.8 Å². The summed E-state index contributed by atoms with van der Waals surface area (Å²) in [4.78, 5) is 11.1. The second kappa shape index (κ2) is 5.08. The largest absolute Gasteiger partial charge is 0.508 e. The molecule has 0 unspecified atom stereocenters. The summed E-state index contributed by atoms with van der Waals surface area (Å²) >= 11 is 0. The van der Waals surface area contributed by atoms with Gasteiger partial charge in [-0.25, -0.2) is 0 Å². The van der Waals surface area contributed by atoms with Gasteiger partial charge < -0.3 is 14.9 Å². The van der Waals surface area contributed by atoms with Crippen molar-refractivity contribution in [3.63, 3.8) is 0 Å². The third-order valence-corrected chi connectivity index (χ3v) is 2.61. The molecule has 0 aromatic heterocycles. The summed E-state index contributed by atoms with van der Waals surface area (Å²) in [5.41, 5.74) is -0.397. The Morgan fingerprint density at radius 3 is 2.59 bits per heavy atom. The third-order valence-electron chi connectivity index (χ3n) is 2.61. The van der Waals surface area contributed by atoms with E-state index in [1.54, 1.807) is 26.0 Å². The summed E-state index contributed by atoms with van der Waals surface area (Å²) in [5, 5.41) is 18.9. The normalized spacial score (nSPS) is 11.2. The van der Waals surface area contributed by atoms with E-state index in [2.05, 4.69) is 0 Å². The second-order valence-corrected chi connectivity index (χ2v) is 4.55. The van der Waals surface area contributed by atoms with Gasteiger partial charge in [0.15, 0.2) is 0 Å². The van der Waals surface area contributed by atoms with E-state index in [1.165, 1.54) is 6.07 Å². The van der Waals surface area contributed by atoms with Crippen molar-refractivity contribution in [1.29, 1.82) is 0 Å². The predicted molar refractivity (Wildman–Crippen MR) is 64.4 cm³/mol. The fraction of sp³-hybridized carbons (Fsp3) is 0.462. The molecular weight excluding hydrogens is 220 g/mol. The molecule has 4 nitrogen and oxygen atoms in total. The molecule has 0 spiro atoms. The molecule has 0 saturated heterocycles. The fourth-order valence-electron chi connectivity index (χ4n) is 1.54. The van der Waals surface area contributed by atoms with Crippen molar-refractivity contribution in [1.82, 2.24) is 0 Å². The average molecular weight is 238 g/mol. The minimum Gasteiger partial charge on any atom is -0.508 e. The number of carboxylic acids is 1. The van der Waals surface area contributed by atoms with Crippen molar-refractivity contribution >= 4 is 5.97 Å². The summed E-state index contributed by atoms with van der Waals surface area (Å²) in [6, 6.07) is 4.95. The van der Waals surface area contributed by atoms with Crippen LogP contribution in [0, 0.1) is 5.41 Å². The Bertz CT molecular complexity index is 410. The van der Waals surface area contributed by atoms with Crippen LogP contribution in [0.15, 0.2) is 18.2 Å². The molecule has 1 aromatic carbocycles. The van der Waals surface area contributed by atoms with Gasteiger partial charge in [-0.1, -0.05) is 6.07 Å². The molecule has 0 amide bonds. The van der Waals surface area contributed by atoms with Crippen molar-refractivity contribution in [2.75, 3.05) is 6.61 Å². The van der Waals surface area contributed by atoms with E-state index in [9.17, 15) is 9.90 Å². The van der Waals surface area contributed by atoms with Gasteiger partial charge in [0, 0.05) is 5.56 Å². The monoisotopic (exact) mass is 238 g/mol. The molecule has 4 heteroatoms. The van der Waals surface area contributed by atoms with Gasteiger partial charge in [-0.05, 0) is 39.3 Å². The lowest BCUT2D eigenvalue weighted by Gasteiger charge is -2.21.